The predicted molar refractivity (Wildman–Crippen MR) is 87.1 cm³/mol. The molecule has 1 aliphatic carbocycles. The van der Waals surface area contributed by atoms with Crippen molar-refractivity contribution in [2.24, 2.45) is 17.8 Å². The maximum Gasteiger partial charge on any atom is 0.417 e. The SMILES string of the molecule is C[C@H]1[C@H](O)CN1c1nc(N2C[C@@H]3C(C(=O)O)[C@@H]3C2)cc(C(F)(F)F)c1C#N. The molecular weight excluding hydrogens is 365 g/mol. The molecule has 2 aliphatic heterocycles. The molecule has 5 atom stereocenters. The smallest absolute Gasteiger partial charge is 0.417 e. The molecule has 2 N–H and O–H groups in total. The minimum Gasteiger partial charge on any atom is -0.481 e. The van der Waals surface area contributed by atoms with E-state index < -0.39 is 41.3 Å². The summed E-state index contributed by atoms with van der Waals surface area (Å²) in [4.78, 5) is 18.5. The molecule has 1 aromatic rings. The lowest BCUT2D eigenvalue weighted by atomic mass is 9.99. The number of anilines is 2. The summed E-state index contributed by atoms with van der Waals surface area (Å²) in [6, 6.07) is 2.03. The minimum atomic E-state index is -4.73. The van der Waals surface area contributed by atoms with Crippen LogP contribution in [-0.2, 0) is 11.0 Å². The standard InChI is InChI=1S/C17H17F3N4O3/c1-7-12(25)6-24(7)15-8(3-21)11(17(18,19)20)2-13(22-15)23-4-9-10(5-23)14(9)16(26)27/h2,7,9-10,12,14,25H,4-6H2,1H3,(H,26,27)/t7-,9-,10+,12+,14?/m0/s1. The van der Waals surface area contributed by atoms with Gasteiger partial charge >= 0.3 is 12.1 Å². The van der Waals surface area contributed by atoms with Crippen LogP contribution in [0.2, 0.25) is 0 Å². The van der Waals surface area contributed by atoms with E-state index in [4.69, 9.17) is 5.11 Å². The number of alkyl halides is 3. The first-order valence-electron chi connectivity index (χ1n) is 8.58. The van der Waals surface area contributed by atoms with Crippen LogP contribution in [0.5, 0.6) is 0 Å². The number of β-amino-alcohol motifs (C(OH)–C–C–N with tert-alkyl or cyclic N) is 1. The molecule has 27 heavy (non-hydrogen) atoms. The number of nitrogens with zero attached hydrogens (tertiary/aromatic N) is 4. The van der Waals surface area contributed by atoms with Crippen LogP contribution in [0.1, 0.15) is 18.1 Å². The first-order chi connectivity index (χ1) is 12.6. The Labute approximate surface area is 152 Å². The van der Waals surface area contributed by atoms with Gasteiger partial charge in [-0.3, -0.25) is 4.79 Å². The number of hydrogen-bond donors (Lipinski definition) is 2. The Bertz CT molecular complexity index is 841. The summed E-state index contributed by atoms with van der Waals surface area (Å²) in [7, 11) is 0. The number of halogens is 3. The van der Waals surface area contributed by atoms with E-state index >= 15 is 0 Å². The molecule has 0 amide bonds. The average Bonchev–Trinajstić information content (AvgIpc) is 3.12. The van der Waals surface area contributed by atoms with Crippen molar-refractivity contribution in [2.45, 2.75) is 25.2 Å². The Balaban J connectivity index is 1.71. The summed E-state index contributed by atoms with van der Waals surface area (Å²) in [6.07, 6.45) is -5.41. The fraction of sp³-hybridized carbons (Fsp3) is 0.588. The van der Waals surface area contributed by atoms with Crippen molar-refractivity contribution in [3.8, 4) is 6.07 Å². The van der Waals surface area contributed by atoms with Crippen molar-refractivity contribution in [3.05, 3.63) is 17.2 Å². The van der Waals surface area contributed by atoms with Crippen LogP contribution in [0.3, 0.4) is 0 Å². The van der Waals surface area contributed by atoms with Gasteiger partial charge in [0.25, 0.3) is 0 Å². The molecule has 0 aromatic carbocycles. The number of aromatic nitrogens is 1. The number of aliphatic hydroxyl groups excluding tert-OH is 1. The number of aliphatic hydroxyl groups is 1. The zero-order valence-electron chi connectivity index (χ0n) is 14.3. The van der Waals surface area contributed by atoms with Gasteiger partial charge in [-0.1, -0.05) is 0 Å². The monoisotopic (exact) mass is 382 g/mol. The van der Waals surface area contributed by atoms with Crippen molar-refractivity contribution < 1.29 is 28.2 Å². The number of carboxylic acid groups (broad SMARTS) is 1. The van der Waals surface area contributed by atoms with Gasteiger partial charge in [-0.15, -0.1) is 0 Å². The normalized spacial score (nSPS) is 31.9. The molecule has 1 unspecified atom stereocenters. The van der Waals surface area contributed by atoms with Gasteiger partial charge in [-0.25, -0.2) is 4.98 Å². The van der Waals surface area contributed by atoms with E-state index in [1.54, 1.807) is 17.9 Å². The maximum atomic E-state index is 13.6. The third-order valence-electron chi connectivity index (χ3n) is 5.91. The fourth-order valence-corrected chi connectivity index (χ4v) is 4.17. The number of pyridine rings is 1. The van der Waals surface area contributed by atoms with Gasteiger partial charge in [0.2, 0.25) is 0 Å². The average molecular weight is 382 g/mol. The van der Waals surface area contributed by atoms with E-state index in [9.17, 15) is 28.3 Å². The van der Waals surface area contributed by atoms with Gasteiger partial charge in [0.15, 0.2) is 0 Å². The highest BCUT2D eigenvalue weighted by molar-refractivity contribution is 5.76. The molecule has 2 saturated heterocycles. The van der Waals surface area contributed by atoms with Gasteiger partial charge in [-0.05, 0) is 24.8 Å². The van der Waals surface area contributed by atoms with Crippen molar-refractivity contribution in [3.63, 3.8) is 0 Å². The van der Waals surface area contributed by atoms with Gasteiger partial charge in [0.1, 0.15) is 23.3 Å². The van der Waals surface area contributed by atoms with Gasteiger partial charge in [0.05, 0.1) is 23.6 Å². The van der Waals surface area contributed by atoms with Gasteiger partial charge in [-0.2, -0.15) is 18.4 Å². The van der Waals surface area contributed by atoms with Crippen molar-refractivity contribution in [1.82, 2.24) is 4.98 Å². The molecule has 4 rings (SSSR count). The van der Waals surface area contributed by atoms with E-state index in [1.807, 2.05) is 0 Å². The molecule has 10 heteroatoms. The third kappa shape index (κ3) is 2.68. The lowest BCUT2D eigenvalue weighted by Gasteiger charge is -2.45. The van der Waals surface area contributed by atoms with E-state index in [0.29, 0.717) is 13.1 Å². The zero-order valence-corrected chi connectivity index (χ0v) is 14.3. The topological polar surface area (TPSA) is 101 Å². The Kier molecular flexibility index (Phi) is 3.79. The van der Waals surface area contributed by atoms with Crippen LogP contribution in [0, 0.1) is 29.1 Å². The van der Waals surface area contributed by atoms with Crippen LogP contribution >= 0.6 is 0 Å². The van der Waals surface area contributed by atoms with Gasteiger partial charge < -0.3 is 20.0 Å². The highest BCUT2D eigenvalue weighted by Crippen LogP contribution is 2.53. The Morgan fingerprint density at radius 3 is 2.41 bits per heavy atom. The van der Waals surface area contributed by atoms with Crippen molar-refractivity contribution in [2.75, 3.05) is 29.4 Å². The van der Waals surface area contributed by atoms with Crippen LogP contribution in [-0.4, -0.2) is 52.9 Å². The number of piperidine rings is 1. The van der Waals surface area contributed by atoms with E-state index in [2.05, 4.69) is 4.98 Å². The number of aliphatic carboxylic acids is 1. The van der Waals surface area contributed by atoms with Crippen molar-refractivity contribution in [1.29, 1.82) is 5.26 Å². The fourth-order valence-electron chi connectivity index (χ4n) is 4.17. The second-order valence-corrected chi connectivity index (χ2v) is 7.39. The zero-order chi connectivity index (χ0) is 19.7. The largest absolute Gasteiger partial charge is 0.481 e. The van der Waals surface area contributed by atoms with Crippen LogP contribution in [0.4, 0.5) is 24.8 Å². The number of carboxylic acids is 1. The highest BCUT2D eigenvalue weighted by atomic mass is 19.4. The summed E-state index contributed by atoms with van der Waals surface area (Å²) in [5.41, 5.74) is -1.62. The summed E-state index contributed by atoms with van der Waals surface area (Å²) in [5, 5.41) is 28.1. The highest BCUT2D eigenvalue weighted by Gasteiger charge is 2.60. The van der Waals surface area contributed by atoms with E-state index in [-0.39, 0.29) is 30.0 Å². The predicted octanol–water partition coefficient (Wildman–Crippen LogP) is 1.31. The molecule has 1 saturated carbocycles. The molecule has 0 radical (unpaired) electrons. The number of carbonyl (C=O) groups is 1. The molecule has 3 heterocycles. The molecule has 3 aliphatic rings. The quantitative estimate of drug-likeness (QED) is 0.813. The Hall–Kier alpha value is -2.54. The Morgan fingerprint density at radius 1 is 1.33 bits per heavy atom. The van der Waals surface area contributed by atoms with Crippen molar-refractivity contribution >= 4 is 17.6 Å². The number of hydrogen-bond acceptors (Lipinski definition) is 6. The van der Waals surface area contributed by atoms with Crippen LogP contribution in [0.15, 0.2) is 6.07 Å². The Morgan fingerprint density at radius 2 is 1.96 bits per heavy atom. The summed E-state index contributed by atoms with van der Waals surface area (Å²) < 4.78 is 40.7. The molecule has 0 spiro atoms. The molecule has 7 nitrogen and oxygen atoms in total. The molecular formula is C17H17F3N4O3. The summed E-state index contributed by atoms with van der Waals surface area (Å²) in [6.45, 7) is 2.42. The number of rotatable bonds is 3. The first kappa shape index (κ1) is 17.9. The molecule has 0 bridgehead atoms. The number of nitriles is 1. The third-order valence-corrected chi connectivity index (χ3v) is 5.91. The second-order valence-electron chi connectivity index (χ2n) is 7.39. The second kappa shape index (κ2) is 5.73. The lowest BCUT2D eigenvalue weighted by molar-refractivity contribution is -0.139. The van der Waals surface area contributed by atoms with Gasteiger partial charge in [0, 0.05) is 19.6 Å². The summed E-state index contributed by atoms with van der Waals surface area (Å²) in [5.74, 6) is -1.48. The summed E-state index contributed by atoms with van der Waals surface area (Å²) >= 11 is 0. The van der Waals surface area contributed by atoms with E-state index in [1.165, 1.54) is 4.90 Å². The van der Waals surface area contributed by atoms with E-state index in [0.717, 1.165) is 6.07 Å². The first-order valence-corrected chi connectivity index (χ1v) is 8.58. The number of fused-ring (bicyclic) bond motifs is 1. The van der Waals surface area contributed by atoms with Crippen LogP contribution < -0.4 is 9.80 Å². The van der Waals surface area contributed by atoms with Crippen LogP contribution in [0.25, 0.3) is 0 Å². The molecule has 3 fully saturated rings. The lowest BCUT2D eigenvalue weighted by Crippen LogP contribution is -2.59. The molecule has 1 aromatic heterocycles. The maximum absolute atomic E-state index is 13.6. The molecule has 144 valence electrons. The minimum absolute atomic E-state index is 0.0810.